The number of amides is 1. The van der Waals surface area contributed by atoms with Gasteiger partial charge in [0, 0.05) is 11.6 Å². The van der Waals surface area contributed by atoms with Crippen molar-refractivity contribution in [3.63, 3.8) is 0 Å². The van der Waals surface area contributed by atoms with Crippen molar-refractivity contribution in [2.45, 2.75) is 43.4 Å². The minimum atomic E-state index is -5.08. The molecule has 0 spiro atoms. The zero-order chi connectivity index (χ0) is 27.0. The number of fused-ring (bicyclic) bond motifs is 3. The molecule has 2 atom stereocenters. The van der Waals surface area contributed by atoms with E-state index in [2.05, 4.69) is 17.2 Å². The first kappa shape index (κ1) is 26.2. The van der Waals surface area contributed by atoms with Crippen LogP contribution < -0.4 is 14.8 Å². The summed E-state index contributed by atoms with van der Waals surface area (Å²) in [5.74, 6) is -1.84. The third-order valence-corrected chi connectivity index (χ3v) is 6.52. The van der Waals surface area contributed by atoms with Gasteiger partial charge in [-0.15, -0.1) is 0 Å². The van der Waals surface area contributed by atoms with Gasteiger partial charge in [-0.3, -0.25) is 9.20 Å². The lowest BCUT2D eigenvalue weighted by Gasteiger charge is -2.24. The third kappa shape index (κ3) is 5.17. The number of alkyl halides is 3. The molecule has 0 radical (unpaired) electrons. The zero-order valence-corrected chi connectivity index (χ0v) is 20.3. The van der Waals surface area contributed by atoms with Crippen LogP contribution in [0.5, 0.6) is 11.6 Å². The lowest BCUT2D eigenvalue weighted by Crippen LogP contribution is -2.26. The van der Waals surface area contributed by atoms with Gasteiger partial charge in [0.05, 0.1) is 43.9 Å². The van der Waals surface area contributed by atoms with Crippen LogP contribution in [-0.2, 0) is 14.9 Å². The number of aromatic nitrogens is 3. The van der Waals surface area contributed by atoms with E-state index in [0.717, 1.165) is 25.0 Å². The van der Waals surface area contributed by atoms with E-state index in [1.54, 1.807) is 31.5 Å². The lowest BCUT2D eigenvalue weighted by atomic mass is 9.84. The van der Waals surface area contributed by atoms with Crippen molar-refractivity contribution in [3.8, 4) is 11.6 Å². The molecule has 2 unspecified atom stereocenters. The molecule has 3 heterocycles. The van der Waals surface area contributed by atoms with Gasteiger partial charge >= 0.3 is 12.1 Å². The molecular weight excluding hydrogens is 497 g/mol. The number of carboxylic acid groups (broad SMARTS) is 1. The molecule has 2 N–H and O–H groups in total. The number of carbonyl (C=O) groups excluding carboxylic acids is 1. The van der Waals surface area contributed by atoms with E-state index < -0.39 is 12.1 Å². The maximum atomic E-state index is 12.8. The molecule has 1 saturated carbocycles. The van der Waals surface area contributed by atoms with E-state index in [0.29, 0.717) is 35.3 Å². The van der Waals surface area contributed by atoms with Gasteiger partial charge in [-0.2, -0.15) is 18.2 Å². The SMILES string of the molecule is COc1ccccc1C(=O)Nc1cn2cc(C34CCC(C)(C3)OC4)nc2c(OC)n1.O=C(O)C(F)(F)F. The summed E-state index contributed by atoms with van der Waals surface area (Å²) in [5, 5.41) is 9.96. The highest BCUT2D eigenvalue weighted by molar-refractivity contribution is 6.05. The number of para-hydroxylation sites is 1. The summed E-state index contributed by atoms with van der Waals surface area (Å²) >= 11 is 0. The normalized spacial score (nSPS) is 22.3. The number of carbonyl (C=O) groups is 2. The predicted molar refractivity (Wildman–Crippen MR) is 124 cm³/mol. The first-order chi connectivity index (χ1) is 17.4. The zero-order valence-electron chi connectivity index (χ0n) is 20.3. The Bertz CT molecular complexity index is 1330. The summed E-state index contributed by atoms with van der Waals surface area (Å²) in [6.07, 6.45) is 1.73. The van der Waals surface area contributed by atoms with E-state index in [1.165, 1.54) is 7.11 Å². The molecule has 3 aromatic rings. The Hall–Kier alpha value is -3.87. The summed E-state index contributed by atoms with van der Waals surface area (Å²) in [6, 6.07) is 7.05. The highest BCUT2D eigenvalue weighted by atomic mass is 19.4. The first-order valence-electron chi connectivity index (χ1n) is 11.2. The maximum Gasteiger partial charge on any atom is 0.490 e. The summed E-state index contributed by atoms with van der Waals surface area (Å²) in [7, 11) is 3.08. The number of aliphatic carboxylic acids is 1. The lowest BCUT2D eigenvalue weighted by molar-refractivity contribution is -0.192. The molecule has 13 heteroatoms. The van der Waals surface area contributed by atoms with E-state index in [1.807, 2.05) is 16.7 Å². The fraction of sp³-hybridized carbons (Fsp3) is 0.417. The van der Waals surface area contributed by atoms with Crippen LogP contribution in [0.2, 0.25) is 0 Å². The van der Waals surface area contributed by atoms with Gasteiger partial charge in [0.2, 0.25) is 5.65 Å². The molecule has 2 fully saturated rings. The van der Waals surface area contributed by atoms with Crippen LogP contribution in [0.15, 0.2) is 36.7 Å². The third-order valence-electron chi connectivity index (χ3n) is 6.52. The summed E-state index contributed by atoms with van der Waals surface area (Å²) in [6.45, 7) is 2.85. The molecular formula is C24H25F3N4O6. The average molecular weight is 522 g/mol. The van der Waals surface area contributed by atoms with Gasteiger partial charge in [0.1, 0.15) is 5.75 Å². The topological polar surface area (TPSA) is 124 Å². The molecule has 1 aliphatic heterocycles. The Kier molecular flexibility index (Phi) is 6.76. The number of imidazole rings is 1. The number of methoxy groups -OCH3 is 2. The monoisotopic (exact) mass is 522 g/mol. The van der Waals surface area contributed by atoms with Gasteiger partial charge in [-0.1, -0.05) is 12.1 Å². The molecule has 5 rings (SSSR count). The number of ether oxygens (including phenoxy) is 3. The van der Waals surface area contributed by atoms with Gasteiger partial charge in [0.25, 0.3) is 11.8 Å². The second kappa shape index (κ2) is 9.54. The number of benzene rings is 1. The molecule has 37 heavy (non-hydrogen) atoms. The Morgan fingerprint density at radius 3 is 2.38 bits per heavy atom. The van der Waals surface area contributed by atoms with Crippen LogP contribution in [0.1, 0.15) is 42.2 Å². The Labute approximate surface area is 209 Å². The van der Waals surface area contributed by atoms with Crippen molar-refractivity contribution >= 4 is 23.3 Å². The van der Waals surface area contributed by atoms with Gasteiger partial charge in [0.15, 0.2) is 5.82 Å². The number of hydrogen-bond acceptors (Lipinski definition) is 7. The number of rotatable bonds is 5. The fourth-order valence-corrected chi connectivity index (χ4v) is 4.69. The Morgan fingerprint density at radius 2 is 1.84 bits per heavy atom. The van der Waals surface area contributed by atoms with Crippen LogP contribution in [-0.4, -0.2) is 64.0 Å². The van der Waals surface area contributed by atoms with Crippen LogP contribution >= 0.6 is 0 Å². The van der Waals surface area contributed by atoms with E-state index in [4.69, 9.17) is 29.1 Å². The molecule has 2 aliphatic rings. The minimum absolute atomic E-state index is 0.0496. The molecule has 2 aromatic heterocycles. The van der Waals surface area contributed by atoms with Crippen LogP contribution in [0.4, 0.5) is 19.0 Å². The van der Waals surface area contributed by atoms with Gasteiger partial charge < -0.3 is 24.6 Å². The van der Waals surface area contributed by atoms with Crippen molar-refractivity contribution in [2.24, 2.45) is 0 Å². The van der Waals surface area contributed by atoms with Gasteiger partial charge in [-0.25, -0.2) is 9.78 Å². The molecule has 2 bridgehead atoms. The van der Waals surface area contributed by atoms with Crippen LogP contribution in [0, 0.1) is 0 Å². The van der Waals surface area contributed by atoms with E-state index >= 15 is 0 Å². The average Bonchev–Trinajstić information content (AvgIpc) is 3.54. The number of nitrogens with one attached hydrogen (secondary N) is 1. The molecule has 1 aliphatic carbocycles. The second-order valence-corrected chi connectivity index (χ2v) is 9.15. The standard InChI is InChI=1S/C22H24N4O4.C2HF3O2/c1-21-8-9-22(12-21,13-30-21)16-10-26-11-17(25-20(29-3)18(26)23-16)24-19(27)14-6-4-5-7-15(14)28-2;3-2(4,5)1(6)7/h4-7,10-11H,8-9,12-13H2,1-3H3,(H,24,27);(H,6,7). The molecule has 198 valence electrons. The minimum Gasteiger partial charge on any atom is -0.496 e. The van der Waals surface area contributed by atoms with Crippen molar-refractivity contribution in [2.75, 3.05) is 26.1 Å². The second-order valence-electron chi connectivity index (χ2n) is 9.15. The smallest absolute Gasteiger partial charge is 0.490 e. The van der Waals surface area contributed by atoms with Crippen molar-refractivity contribution in [1.82, 2.24) is 14.4 Å². The Balaban J connectivity index is 0.000000405. The quantitative estimate of drug-likeness (QED) is 0.518. The molecule has 1 amide bonds. The number of carboxylic acids is 1. The van der Waals surface area contributed by atoms with Crippen molar-refractivity contribution < 1.29 is 42.1 Å². The maximum absolute atomic E-state index is 12.8. The summed E-state index contributed by atoms with van der Waals surface area (Å²) < 4.78 is 50.4. The van der Waals surface area contributed by atoms with Gasteiger partial charge in [-0.05, 0) is 38.3 Å². The number of hydrogen-bond donors (Lipinski definition) is 2. The highest BCUT2D eigenvalue weighted by Crippen LogP contribution is 2.53. The van der Waals surface area contributed by atoms with Crippen LogP contribution in [0.25, 0.3) is 5.65 Å². The van der Waals surface area contributed by atoms with E-state index in [9.17, 15) is 18.0 Å². The summed E-state index contributed by atoms with van der Waals surface area (Å²) in [5.41, 5.74) is 1.92. The largest absolute Gasteiger partial charge is 0.496 e. The predicted octanol–water partition coefficient (Wildman–Crippen LogP) is 3.84. The fourth-order valence-electron chi connectivity index (χ4n) is 4.69. The highest BCUT2D eigenvalue weighted by Gasteiger charge is 2.55. The first-order valence-corrected chi connectivity index (χ1v) is 11.2. The van der Waals surface area contributed by atoms with E-state index in [-0.39, 0.29) is 16.9 Å². The summed E-state index contributed by atoms with van der Waals surface area (Å²) in [4.78, 5) is 30.9. The van der Waals surface area contributed by atoms with Crippen molar-refractivity contribution in [3.05, 3.63) is 47.9 Å². The number of nitrogens with zero attached hydrogens (tertiary/aromatic N) is 3. The number of halogens is 3. The molecule has 1 aromatic carbocycles. The van der Waals surface area contributed by atoms with Crippen molar-refractivity contribution in [1.29, 1.82) is 0 Å². The van der Waals surface area contributed by atoms with Crippen LogP contribution in [0.3, 0.4) is 0 Å². The number of anilines is 1. The Morgan fingerprint density at radius 1 is 1.14 bits per heavy atom. The molecule has 10 nitrogen and oxygen atoms in total. The molecule has 1 saturated heterocycles.